The van der Waals surface area contributed by atoms with Gasteiger partial charge in [-0.2, -0.15) is 0 Å². The van der Waals surface area contributed by atoms with E-state index in [2.05, 4.69) is 18.8 Å². The Morgan fingerprint density at radius 3 is 2.76 bits per heavy atom. The maximum Gasteiger partial charge on any atom is 0.263 e. The van der Waals surface area contributed by atoms with Crippen molar-refractivity contribution in [3.8, 4) is 0 Å². The third-order valence-electron chi connectivity index (χ3n) is 3.43. The van der Waals surface area contributed by atoms with Gasteiger partial charge in [-0.15, -0.1) is 11.3 Å². The number of aromatic amines is 1. The molecule has 6 heteroatoms. The number of aromatic nitrogens is 2. The summed E-state index contributed by atoms with van der Waals surface area (Å²) in [6.07, 6.45) is 0.789. The van der Waals surface area contributed by atoms with E-state index >= 15 is 0 Å². The van der Waals surface area contributed by atoms with Crippen LogP contribution in [0.2, 0.25) is 0 Å². The summed E-state index contributed by atoms with van der Waals surface area (Å²) >= 11 is 6.90. The topological polar surface area (TPSA) is 47.0 Å². The van der Waals surface area contributed by atoms with Crippen molar-refractivity contribution in [2.75, 3.05) is 13.2 Å². The molecule has 2 heterocycles. The zero-order valence-corrected chi connectivity index (χ0v) is 14.6. The average molecular weight is 326 g/mol. The van der Waals surface area contributed by atoms with Crippen molar-refractivity contribution in [1.29, 1.82) is 0 Å². The van der Waals surface area contributed by atoms with Gasteiger partial charge in [0.1, 0.15) is 4.83 Å². The fourth-order valence-electron chi connectivity index (χ4n) is 2.21. The first-order valence-corrected chi connectivity index (χ1v) is 8.44. The minimum atomic E-state index is 0.0134. The van der Waals surface area contributed by atoms with Crippen LogP contribution in [0.15, 0.2) is 4.79 Å². The lowest BCUT2D eigenvalue weighted by Gasteiger charge is -2.09. The molecular weight excluding hydrogens is 304 g/mol. The summed E-state index contributed by atoms with van der Waals surface area (Å²) in [6, 6.07) is 0. The fraction of sp³-hybridized carbons (Fsp3) is 0.600. The van der Waals surface area contributed by atoms with E-state index in [1.54, 1.807) is 15.9 Å². The Morgan fingerprint density at radius 1 is 1.38 bits per heavy atom. The highest BCUT2D eigenvalue weighted by molar-refractivity contribution is 7.71. The second kappa shape index (κ2) is 6.85. The molecule has 0 radical (unpaired) electrons. The van der Waals surface area contributed by atoms with E-state index in [1.165, 1.54) is 0 Å². The lowest BCUT2D eigenvalue weighted by Crippen LogP contribution is -2.23. The number of nitrogens with one attached hydrogen (secondary N) is 1. The van der Waals surface area contributed by atoms with Crippen LogP contribution < -0.4 is 5.56 Å². The van der Waals surface area contributed by atoms with E-state index in [0.29, 0.717) is 23.8 Å². The van der Waals surface area contributed by atoms with Crippen LogP contribution in [0.25, 0.3) is 10.2 Å². The predicted molar refractivity (Wildman–Crippen MR) is 91.0 cm³/mol. The molecule has 1 N–H and O–H groups in total. The third-order valence-corrected chi connectivity index (χ3v) is 4.88. The number of ether oxygens (including phenoxy) is 1. The molecule has 4 nitrogen and oxygen atoms in total. The van der Waals surface area contributed by atoms with Crippen molar-refractivity contribution in [2.24, 2.45) is 5.92 Å². The van der Waals surface area contributed by atoms with E-state index in [9.17, 15) is 4.79 Å². The van der Waals surface area contributed by atoms with Crippen molar-refractivity contribution in [1.82, 2.24) is 9.55 Å². The first-order valence-electron chi connectivity index (χ1n) is 7.22. The summed E-state index contributed by atoms with van der Waals surface area (Å²) < 4.78 is 7.70. The number of fused-ring (bicyclic) bond motifs is 1. The Balaban J connectivity index is 2.18. The standard InChI is InChI=1S/C15H22N2O2S2/c1-9(2)8-19-7-5-6-17-14(18)12-10(3)11(4)21-13(12)16-15(17)20/h9H,5-8H2,1-4H3,(H,16,20). The molecule has 2 rings (SSSR count). The minimum absolute atomic E-state index is 0.0134. The van der Waals surface area contributed by atoms with Crippen molar-refractivity contribution in [2.45, 2.75) is 40.7 Å². The molecule has 0 atom stereocenters. The van der Waals surface area contributed by atoms with Crippen LogP contribution in [0.1, 0.15) is 30.7 Å². The fourth-order valence-corrected chi connectivity index (χ4v) is 3.60. The van der Waals surface area contributed by atoms with Crippen molar-refractivity contribution in [3.63, 3.8) is 0 Å². The van der Waals surface area contributed by atoms with Gasteiger partial charge in [-0.3, -0.25) is 9.36 Å². The summed E-state index contributed by atoms with van der Waals surface area (Å²) in [6.45, 7) is 10.3. The Morgan fingerprint density at radius 2 is 2.10 bits per heavy atom. The van der Waals surface area contributed by atoms with Crippen LogP contribution in [0.5, 0.6) is 0 Å². The van der Waals surface area contributed by atoms with E-state index < -0.39 is 0 Å². The quantitative estimate of drug-likeness (QED) is 0.649. The maximum absolute atomic E-state index is 12.6. The second-order valence-electron chi connectivity index (χ2n) is 5.70. The summed E-state index contributed by atoms with van der Waals surface area (Å²) in [5.74, 6) is 0.531. The first-order chi connectivity index (χ1) is 9.91. The van der Waals surface area contributed by atoms with Gasteiger partial charge in [-0.1, -0.05) is 13.8 Å². The highest BCUT2D eigenvalue weighted by atomic mass is 32.1. The lowest BCUT2D eigenvalue weighted by molar-refractivity contribution is 0.105. The Bertz CT molecular complexity index is 740. The third kappa shape index (κ3) is 3.62. The smallest absolute Gasteiger partial charge is 0.263 e. The van der Waals surface area contributed by atoms with Crippen LogP contribution in [0.3, 0.4) is 0 Å². The Kier molecular flexibility index (Phi) is 5.35. The van der Waals surface area contributed by atoms with Gasteiger partial charge in [-0.05, 0) is 44.0 Å². The largest absolute Gasteiger partial charge is 0.381 e. The van der Waals surface area contributed by atoms with Crippen LogP contribution >= 0.6 is 23.6 Å². The molecule has 0 aliphatic carbocycles. The van der Waals surface area contributed by atoms with Gasteiger partial charge >= 0.3 is 0 Å². The molecule has 0 unspecified atom stereocenters. The number of hydrogen-bond acceptors (Lipinski definition) is 4. The van der Waals surface area contributed by atoms with E-state index in [-0.39, 0.29) is 5.56 Å². The minimum Gasteiger partial charge on any atom is -0.381 e. The van der Waals surface area contributed by atoms with Crippen LogP contribution in [-0.4, -0.2) is 22.8 Å². The molecule has 2 aromatic heterocycles. The van der Waals surface area contributed by atoms with Crippen molar-refractivity contribution < 1.29 is 4.74 Å². The van der Waals surface area contributed by atoms with Crippen LogP contribution in [0, 0.1) is 24.5 Å². The maximum atomic E-state index is 12.6. The Labute approximate surface area is 133 Å². The number of hydrogen-bond donors (Lipinski definition) is 1. The summed E-state index contributed by atoms with van der Waals surface area (Å²) in [5, 5.41) is 0.772. The molecule has 116 valence electrons. The molecule has 0 amide bonds. The molecule has 21 heavy (non-hydrogen) atoms. The summed E-state index contributed by atoms with van der Waals surface area (Å²) in [7, 11) is 0. The van der Waals surface area contributed by atoms with Gasteiger partial charge in [0.2, 0.25) is 0 Å². The molecule has 0 aliphatic rings. The van der Waals surface area contributed by atoms with Crippen molar-refractivity contribution in [3.05, 3.63) is 25.6 Å². The van der Waals surface area contributed by atoms with Gasteiger partial charge in [0.25, 0.3) is 5.56 Å². The van der Waals surface area contributed by atoms with E-state index in [0.717, 1.165) is 33.7 Å². The van der Waals surface area contributed by atoms with Gasteiger partial charge in [0.15, 0.2) is 4.77 Å². The molecule has 0 saturated heterocycles. The molecule has 2 aromatic rings. The monoisotopic (exact) mass is 326 g/mol. The van der Waals surface area contributed by atoms with Gasteiger partial charge in [0, 0.05) is 24.6 Å². The van der Waals surface area contributed by atoms with Gasteiger partial charge in [0.05, 0.1) is 5.39 Å². The average Bonchev–Trinajstić information content (AvgIpc) is 2.67. The number of rotatable bonds is 6. The molecular formula is C15H22N2O2S2. The first kappa shape index (κ1) is 16.4. The molecule has 0 fully saturated rings. The zero-order valence-electron chi connectivity index (χ0n) is 13.0. The summed E-state index contributed by atoms with van der Waals surface area (Å²) in [5.41, 5.74) is 1.07. The van der Waals surface area contributed by atoms with E-state index in [1.807, 2.05) is 13.8 Å². The van der Waals surface area contributed by atoms with E-state index in [4.69, 9.17) is 17.0 Å². The second-order valence-corrected chi connectivity index (χ2v) is 7.31. The predicted octanol–water partition coefficient (Wildman–Crippen LogP) is 3.80. The zero-order chi connectivity index (χ0) is 15.6. The highest BCUT2D eigenvalue weighted by Gasteiger charge is 2.12. The molecule has 0 aromatic carbocycles. The SMILES string of the molecule is Cc1sc2[nH]c(=S)n(CCCOCC(C)C)c(=O)c2c1C. The Hall–Kier alpha value is -0.980. The number of thiophene rings is 1. The van der Waals surface area contributed by atoms with Crippen molar-refractivity contribution >= 4 is 33.8 Å². The molecule has 0 saturated carbocycles. The number of nitrogens with zero attached hydrogens (tertiary/aromatic N) is 1. The normalized spacial score (nSPS) is 11.7. The molecule has 0 bridgehead atoms. The van der Waals surface area contributed by atoms with Gasteiger partial charge in [-0.25, -0.2) is 0 Å². The van der Waals surface area contributed by atoms with Crippen LogP contribution in [-0.2, 0) is 11.3 Å². The molecule has 0 aliphatic heterocycles. The molecule has 0 spiro atoms. The van der Waals surface area contributed by atoms with Gasteiger partial charge < -0.3 is 9.72 Å². The highest BCUT2D eigenvalue weighted by Crippen LogP contribution is 2.25. The number of aryl methyl sites for hydroxylation is 2. The summed E-state index contributed by atoms with van der Waals surface area (Å²) in [4.78, 5) is 17.8. The number of H-pyrrole nitrogens is 1. The lowest BCUT2D eigenvalue weighted by atomic mass is 10.2. The van der Waals surface area contributed by atoms with Crippen LogP contribution in [0.4, 0.5) is 0 Å².